The molecule has 4 N–H and O–H groups in total. The molecule has 4 aromatic carbocycles. The van der Waals surface area contributed by atoms with Gasteiger partial charge in [0.15, 0.2) is 5.79 Å². The highest BCUT2D eigenvalue weighted by Crippen LogP contribution is 2.34. The van der Waals surface area contributed by atoms with Gasteiger partial charge in [0.2, 0.25) is 20.0 Å². The average Bonchev–Trinajstić information content (AvgIpc) is 3.42. The molecule has 5 atom stereocenters. The number of ketones is 1. The number of hydrogen-bond acceptors (Lipinski definition) is 16. The van der Waals surface area contributed by atoms with Crippen LogP contribution in [-0.2, 0) is 61.4 Å². The molecule has 2 heterocycles. The van der Waals surface area contributed by atoms with Gasteiger partial charge in [0, 0.05) is 45.4 Å². The van der Waals surface area contributed by atoms with E-state index < -0.39 is 78.7 Å². The lowest BCUT2D eigenvalue weighted by molar-refractivity contribution is -0.151. The second-order valence-electron chi connectivity index (χ2n) is 24.2. The Hall–Kier alpha value is -5.69. The van der Waals surface area contributed by atoms with Crippen LogP contribution in [0.1, 0.15) is 106 Å². The largest absolute Gasteiger partial charge is 0.497 e. The second kappa shape index (κ2) is 31.1. The first-order valence-corrected chi connectivity index (χ1v) is 31.3. The van der Waals surface area contributed by atoms with Crippen LogP contribution in [0.2, 0.25) is 0 Å². The molecule has 0 bridgehead atoms. The Bertz CT molecular complexity index is 2900. The minimum atomic E-state index is -4.07. The molecule has 22 heteroatoms. The molecular formula is C62H90N4O16S2. The van der Waals surface area contributed by atoms with Gasteiger partial charge in [-0.2, -0.15) is 8.61 Å². The maximum Gasteiger partial charge on any atom is 0.407 e. The van der Waals surface area contributed by atoms with Crippen molar-refractivity contribution in [1.29, 1.82) is 0 Å². The fourth-order valence-corrected chi connectivity index (χ4v) is 12.9. The van der Waals surface area contributed by atoms with Gasteiger partial charge in [0.25, 0.3) is 0 Å². The summed E-state index contributed by atoms with van der Waals surface area (Å²) in [5.41, 5.74) is -0.104. The monoisotopic (exact) mass is 1210 g/mol. The Morgan fingerprint density at radius 1 is 0.643 bits per heavy atom. The van der Waals surface area contributed by atoms with E-state index in [0.717, 1.165) is 11.1 Å². The van der Waals surface area contributed by atoms with Crippen molar-refractivity contribution in [3.8, 4) is 11.5 Å². The topological polar surface area (TPSA) is 255 Å². The highest BCUT2D eigenvalue weighted by Gasteiger charge is 2.39. The number of amides is 2. The van der Waals surface area contributed by atoms with Crippen LogP contribution in [0.3, 0.4) is 0 Å². The van der Waals surface area contributed by atoms with E-state index in [0.29, 0.717) is 70.0 Å². The zero-order chi connectivity index (χ0) is 61.9. The molecule has 0 spiro atoms. The molecule has 0 aromatic heterocycles. The van der Waals surface area contributed by atoms with Gasteiger partial charge in [0.05, 0.1) is 74.7 Å². The number of carbonyl (C=O) groups is 3. The zero-order valence-electron chi connectivity index (χ0n) is 50.7. The third-order valence-electron chi connectivity index (χ3n) is 14.4. The summed E-state index contributed by atoms with van der Waals surface area (Å²) in [6.07, 6.45) is -1.23. The van der Waals surface area contributed by atoms with Crippen molar-refractivity contribution in [3.63, 3.8) is 0 Å². The van der Waals surface area contributed by atoms with Gasteiger partial charge in [-0.1, -0.05) is 88.4 Å². The molecule has 84 heavy (non-hydrogen) atoms. The number of rotatable bonds is 29. The quantitative estimate of drug-likeness (QED) is 0.0399. The van der Waals surface area contributed by atoms with E-state index in [1.165, 1.54) is 54.0 Å². The minimum Gasteiger partial charge on any atom is -0.497 e. The van der Waals surface area contributed by atoms with Crippen molar-refractivity contribution < 1.29 is 74.6 Å². The van der Waals surface area contributed by atoms with E-state index in [-0.39, 0.29) is 60.7 Å². The van der Waals surface area contributed by atoms with Crippen molar-refractivity contribution in [1.82, 2.24) is 19.2 Å². The summed E-state index contributed by atoms with van der Waals surface area (Å²) in [5.74, 6) is 0.339. The van der Waals surface area contributed by atoms with Gasteiger partial charge >= 0.3 is 12.2 Å². The van der Waals surface area contributed by atoms with Crippen molar-refractivity contribution in [2.45, 2.75) is 159 Å². The predicted octanol–water partition coefficient (Wildman–Crippen LogP) is 8.32. The molecule has 0 radical (unpaired) electrons. The molecule has 2 aliphatic rings. The molecule has 2 saturated heterocycles. The van der Waals surface area contributed by atoms with Crippen LogP contribution in [0.4, 0.5) is 9.59 Å². The molecule has 0 aliphatic carbocycles. The maximum absolute atomic E-state index is 14.1. The molecule has 2 amide bonds. The van der Waals surface area contributed by atoms with Crippen molar-refractivity contribution in [2.75, 3.05) is 66.8 Å². The van der Waals surface area contributed by atoms with Crippen LogP contribution in [0.5, 0.6) is 11.5 Å². The average molecular weight is 1210 g/mol. The number of aliphatic hydroxyl groups excluding tert-OH is 2. The molecular weight excluding hydrogens is 1120 g/mol. The molecule has 20 nitrogen and oxygen atoms in total. The van der Waals surface area contributed by atoms with Gasteiger partial charge in [-0.3, -0.25) is 0 Å². The van der Waals surface area contributed by atoms with Crippen molar-refractivity contribution >= 4 is 38.0 Å². The summed E-state index contributed by atoms with van der Waals surface area (Å²) in [4.78, 5) is 37.4. The van der Waals surface area contributed by atoms with Crippen LogP contribution in [0.25, 0.3) is 0 Å². The Balaban J connectivity index is 0.000000308. The van der Waals surface area contributed by atoms with E-state index in [4.69, 9.17) is 33.2 Å². The SMILES string of the molecule is COc1ccc(S(=O)(=O)N(CC(O)[C@H](Cc2ccccc2)NC(=O)OC(C)(C)C)CC(C)(C)CCC2(C)OCCO2)cc1.COc1ccc(S(=O)(=O)N(CC(O)[C@H](Cc2ccccc2)NC(=O)OC2CCOC2)CC(C)(C)CCC(C)=O)cc1. The lowest BCUT2D eigenvalue weighted by Crippen LogP contribution is -2.52. The van der Waals surface area contributed by atoms with Crippen molar-refractivity contribution in [2.24, 2.45) is 10.8 Å². The third kappa shape index (κ3) is 22.6. The number of ether oxygens (including phenoxy) is 7. The standard InChI is InChI=1S/C32H48N2O8S.C30H42N2O8S/c1-30(2,3)42-29(36)33-27(21-24-11-9-8-10-12-24)28(35)22-34(43(37,38)26-15-13-25(39-7)14-16-26)23-31(4,5)17-18-32(6)40-19-20-41-32;1-22(33)14-16-30(2,3)21-32(41(36,37)26-12-10-24(38-4)11-13-26)19-28(34)27(18-23-8-6-5-7-9-23)31-29(35)40-25-15-17-39-20-25/h8-16,27-28,35H,17-23H2,1-7H3,(H,33,36);5-13,25,27-28,34H,14-21H2,1-4H3,(H,31,35)/t27-,28?;25?,27-,28?/m00/s1. The van der Waals surface area contributed by atoms with E-state index in [9.17, 15) is 41.4 Å². The van der Waals surface area contributed by atoms with Gasteiger partial charge < -0.3 is 58.8 Å². The number of hydrogen-bond donors (Lipinski definition) is 4. The van der Waals surface area contributed by atoms with Crippen LogP contribution in [0.15, 0.2) is 119 Å². The van der Waals surface area contributed by atoms with Crippen LogP contribution in [0, 0.1) is 10.8 Å². The number of nitrogens with zero attached hydrogens (tertiary/aromatic N) is 2. The zero-order valence-corrected chi connectivity index (χ0v) is 52.3. The van der Waals surface area contributed by atoms with Crippen LogP contribution in [-0.4, -0.2) is 162 Å². The first-order chi connectivity index (χ1) is 39.4. The molecule has 3 unspecified atom stereocenters. The van der Waals surface area contributed by atoms with Crippen molar-refractivity contribution in [3.05, 3.63) is 120 Å². The summed E-state index contributed by atoms with van der Waals surface area (Å²) in [6, 6.07) is 29.2. The number of methoxy groups -OCH3 is 2. The number of carbonyl (C=O) groups excluding carboxylic acids is 3. The molecule has 2 aliphatic heterocycles. The van der Waals surface area contributed by atoms with E-state index in [1.54, 1.807) is 45.0 Å². The molecule has 2 fully saturated rings. The number of sulfonamides is 2. The van der Waals surface area contributed by atoms with E-state index in [1.807, 2.05) is 95.3 Å². The Kier molecular flexibility index (Phi) is 25.6. The number of Topliss-reactive ketones (excluding diaryl/α,β-unsaturated/α-hetero) is 1. The number of nitrogens with one attached hydrogen (secondary N) is 2. The molecule has 4 aromatic rings. The summed E-state index contributed by atoms with van der Waals surface area (Å²) >= 11 is 0. The van der Waals surface area contributed by atoms with Gasteiger partial charge in [-0.05, 0) is 131 Å². The lowest BCUT2D eigenvalue weighted by Gasteiger charge is -2.36. The van der Waals surface area contributed by atoms with E-state index >= 15 is 0 Å². The first-order valence-electron chi connectivity index (χ1n) is 28.5. The fourth-order valence-electron chi connectivity index (χ4n) is 9.56. The number of aliphatic hydroxyl groups is 2. The molecule has 6 rings (SSSR count). The first kappa shape index (κ1) is 69.1. The predicted molar refractivity (Wildman–Crippen MR) is 319 cm³/mol. The summed E-state index contributed by atoms with van der Waals surface area (Å²) < 4.78 is 96.6. The highest BCUT2D eigenvalue weighted by molar-refractivity contribution is 7.89. The summed E-state index contributed by atoms with van der Waals surface area (Å²) in [5, 5.41) is 28.6. The Morgan fingerprint density at radius 2 is 1.07 bits per heavy atom. The maximum atomic E-state index is 14.1. The Labute approximate surface area is 497 Å². The lowest BCUT2D eigenvalue weighted by atomic mass is 9.86. The smallest absolute Gasteiger partial charge is 0.407 e. The summed E-state index contributed by atoms with van der Waals surface area (Å²) in [7, 11) is -5.13. The van der Waals surface area contributed by atoms with Gasteiger partial charge in [-0.25, -0.2) is 26.4 Å². The number of alkyl carbamates (subject to hydrolysis) is 2. The fraction of sp³-hybridized carbons (Fsp3) is 0.565. The number of benzene rings is 4. The minimum absolute atomic E-state index is 0.0148. The van der Waals surface area contributed by atoms with Crippen LogP contribution < -0.4 is 20.1 Å². The van der Waals surface area contributed by atoms with Crippen LogP contribution >= 0.6 is 0 Å². The van der Waals surface area contributed by atoms with Gasteiger partial charge in [0.1, 0.15) is 29.0 Å². The molecule has 466 valence electrons. The normalized spacial score (nSPS) is 17.1. The van der Waals surface area contributed by atoms with Gasteiger partial charge in [-0.15, -0.1) is 0 Å². The van der Waals surface area contributed by atoms with E-state index in [2.05, 4.69) is 10.6 Å². The third-order valence-corrected chi connectivity index (χ3v) is 18.0. The highest BCUT2D eigenvalue weighted by atomic mass is 32.2. The Morgan fingerprint density at radius 3 is 1.46 bits per heavy atom. The molecule has 0 saturated carbocycles. The summed E-state index contributed by atoms with van der Waals surface area (Å²) in [6.45, 7) is 17.9. The second-order valence-corrected chi connectivity index (χ2v) is 28.1.